The van der Waals surface area contributed by atoms with Crippen LogP contribution >= 0.6 is 0 Å². The Morgan fingerprint density at radius 3 is 2.28 bits per heavy atom. The van der Waals surface area contributed by atoms with Crippen LogP contribution < -0.4 is 10.6 Å². The molecule has 4 nitrogen and oxygen atoms in total. The fraction of sp³-hybridized carbons (Fsp3) is 0.714. The van der Waals surface area contributed by atoms with E-state index in [2.05, 4.69) is 42.6 Å². The number of rotatable bonds is 6. The molecule has 0 unspecified atom stereocenters. The summed E-state index contributed by atoms with van der Waals surface area (Å²) >= 11 is 0. The van der Waals surface area contributed by atoms with Crippen LogP contribution in [0.1, 0.15) is 46.2 Å². The molecule has 0 aliphatic carbocycles. The first-order chi connectivity index (χ1) is 8.47. The molecule has 0 atom stereocenters. The van der Waals surface area contributed by atoms with Crippen LogP contribution in [0.4, 0.5) is 11.8 Å². The number of nitrogens with zero attached hydrogens (tertiary/aromatic N) is 3. The van der Waals surface area contributed by atoms with E-state index in [-0.39, 0.29) is 0 Å². The molecule has 0 amide bonds. The van der Waals surface area contributed by atoms with Gasteiger partial charge in [-0.05, 0) is 25.7 Å². The van der Waals surface area contributed by atoms with Gasteiger partial charge in [-0.15, -0.1) is 0 Å². The van der Waals surface area contributed by atoms with Gasteiger partial charge in [0.25, 0.3) is 0 Å². The van der Waals surface area contributed by atoms with Crippen molar-refractivity contribution >= 4 is 11.8 Å². The van der Waals surface area contributed by atoms with E-state index >= 15 is 0 Å². The lowest BCUT2D eigenvalue weighted by Crippen LogP contribution is -2.38. The first-order valence-corrected chi connectivity index (χ1v) is 6.85. The minimum absolute atomic E-state index is 0.365. The minimum atomic E-state index is 0.365. The van der Waals surface area contributed by atoms with E-state index in [9.17, 15) is 0 Å². The second-order valence-corrected chi connectivity index (χ2v) is 5.24. The standard InChI is InChI=1S/C14H26N4/c1-6-12(7-2)18(9-10(3)4)13-8-11(5)16-14(15)17-13/h8,10,12H,6-7,9H2,1-5H3,(H2,15,16,17). The van der Waals surface area contributed by atoms with Crippen molar-refractivity contribution in [2.45, 2.75) is 53.5 Å². The van der Waals surface area contributed by atoms with Crippen molar-refractivity contribution in [3.63, 3.8) is 0 Å². The molecule has 0 bridgehead atoms. The van der Waals surface area contributed by atoms with Crippen LogP contribution in [0.25, 0.3) is 0 Å². The lowest BCUT2D eigenvalue weighted by atomic mass is 10.1. The van der Waals surface area contributed by atoms with Gasteiger partial charge in [0.05, 0.1) is 0 Å². The molecule has 1 heterocycles. The largest absolute Gasteiger partial charge is 0.368 e. The molecule has 102 valence electrons. The Morgan fingerprint density at radius 2 is 1.83 bits per heavy atom. The maximum absolute atomic E-state index is 5.76. The SMILES string of the molecule is CCC(CC)N(CC(C)C)c1cc(C)nc(N)n1. The lowest BCUT2D eigenvalue weighted by Gasteiger charge is -2.33. The van der Waals surface area contributed by atoms with Crippen molar-refractivity contribution in [1.29, 1.82) is 0 Å². The summed E-state index contributed by atoms with van der Waals surface area (Å²) in [6.45, 7) is 11.9. The van der Waals surface area contributed by atoms with Crippen LogP contribution in [-0.2, 0) is 0 Å². The van der Waals surface area contributed by atoms with Gasteiger partial charge in [-0.1, -0.05) is 27.7 Å². The molecule has 0 radical (unpaired) electrons. The number of aromatic nitrogens is 2. The molecule has 18 heavy (non-hydrogen) atoms. The Hall–Kier alpha value is -1.32. The molecule has 0 aliphatic rings. The van der Waals surface area contributed by atoms with Crippen LogP contribution in [0.15, 0.2) is 6.07 Å². The van der Waals surface area contributed by atoms with E-state index in [0.717, 1.165) is 30.9 Å². The van der Waals surface area contributed by atoms with Crippen molar-refractivity contribution in [1.82, 2.24) is 9.97 Å². The van der Waals surface area contributed by atoms with Crippen LogP contribution in [-0.4, -0.2) is 22.6 Å². The van der Waals surface area contributed by atoms with Gasteiger partial charge in [-0.3, -0.25) is 0 Å². The Kier molecular flexibility index (Phi) is 5.38. The number of nitrogen functional groups attached to an aromatic ring is 1. The Bertz CT molecular complexity index is 352. The second kappa shape index (κ2) is 6.57. The summed E-state index contributed by atoms with van der Waals surface area (Å²) in [6.07, 6.45) is 2.23. The fourth-order valence-electron chi connectivity index (χ4n) is 2.27. The normalized spacial score (nSPS) is 11.3. The molecule has 2 N–H and O–H groups in total. The Morgan fingerprint density at radius 1 is 1.22 bits per heavy atom. The van der Waals surface area contributed by atoms with Gasteiger partial charge in [0, 0.05) is 24.3 Å². The highest BCUT2D eigenvalue weighted by Crippen LogP contribution is 2.21. The van der Waals surface area contributed by atoms with E-state index in [0.29, 0.717) is 17.9 Å². The van der Waals surface area contributed by atoms with E-state index in [1.165, 1.54) is 0 Å². The van der Waals surface area contributed by atoms with E-state index in [1.54, 1.807) is 0 Å². The smallest absolute Gasteiger partial charge is 0.222 e. The zero-order valence-corrected chi connectivity index (χ0v) is 12.3. The Labute approximate surface area is 111 Å². The van der Waals surface area contributed by atoms with Gasteiger partial charge < -0.3 is 10.6 Å². The number of hydrogen-bond donors (Lipinski definition) is 1. The first-order valence-electron chi connectivity index (χ1n) is 6.85. The zero-order chi connectivity index (χ0) is 13.7. The third kappa shape index (κ3) is 3.86. The zero-order valence-electron chi connectivity index (χ0n) is 12.3. The number of aryl methyl sites for hydroxylation is 1. The molecule has 1 rings (SSSR count). The highest BCUT2D eigenvalue weighted by Gasteiger charge is 2.18. The molecule has 1 aromatic heterocycles. The highest BCUT2D eigenvalue weighted by molar-refractivity contribution is 5.44. The van der Waals surface area contributed by atoms with Crippen molar-refractivity contribution < 1.29 is 0 Å². The number of nitrogens with two attached hydrogens (primary N) is 1. The van der Waals surface area contributed by atoms with Crippen molar-refractivity contribution in [2.75, 3.05) is 17.2 Å². The van der Waals surface area contributed by atoms with Gasteiger partial charge in [0.15, 0.2) is 0 Å². The molecule has 0 aromatic carbocycles. The predicted molar refractivity (Wildman–Crippen MR) is 77.7 cm³/mol. The average Bonchev–Trinajstić information content (AvgIpc) is 2.27. The lowest BCUT2D eigenvalue weighted by molar-refractivity contribution is 0.503. The molecule has 0 saturated carbocycles. The van der Waals surface area contributed by atoms with Gasteiger partial charge >= 0.3 is 0 Å². The molecule has 0 saturated heterocycles. The summed E-state index contributed by atoms with van der Waals surface area (Å²) in [5, 5.41) is 0. The first kappa shape index (κ1) is 14.7. The van der Waals surface area contributed by atoms with Gasteiger partial charge in [-0.2, -0.15) is 4.98 Å². The Balaban J connectivity index is 3.07. The molecule has 0 spiro atoms. The molecule has 1 aromatic rings. The topological polar surface area (TPSA) is 55.0 Å². The minimum Gasteiger partial charge on any atom is -0.368 e. The summed E-state index contributed by atoms with van der Waals surface area (Å²) in [4.78, 5) is 10.9. The second-order valence-electron chi connectivity index (χ2n) is 5.24. The number of hydrogen-bond acceptors (Lipinski definition) is 4. The molecule has 4 heteroatoms. The van der Waals surface area contributed by atoms with Crippen molar-refractivity contribution in [3.8, 4) is 0 Å². The van der Waals surface area contributed by atoms with Gasteiger partial charge in [0.1, 0.15) is 5.82 Å². The van der Waals surface area contributed by atoms with Gasteiger partial charge in [-0.25, -0.2) is 4.98 Å². The monoisotopic (exact) mass is 250 g/mol. The summed E-state index contributed by atoms with van der Waals surface area (Å²) in [7, 11) is 0. The fourth-order valence-corrected chi connectivity index (χ4v) is 2.27. The van der Waals surface area contributed by atoms with E-state index in [4.69, 9.17) is 5.73 Å². The van der Waals surface area contributed by atoms with Crippen LogP contribution in [0.5, 0.6) is 0 Å². The third-order valence-electron chi connectivity index (χ3n) is 3.10. The average molecular weight is 250 g/mol. The molecular formula is C14H26N4. The van der Waals surface area contributed by atoms with Crippen molar-refractivity contribution in [2.24, 2.45) is 5.92 Å². The van der Waals surface area contributed by atoms with Crippen LogP contribution in [0.2, 0.25) is 0 Å². The quantitative estimate of drug-likeness (QED) is 0.843. The summed E-state index contributed by atoms with van der Waals surface area (Å²) in [5.41, 5.74) is 6.69. The summed E-state index contributed by atoms with van der Waals surface area (Å²) < 4.78 is 0. The van der Waals surface area contributed by atoms with E-state index in [1.807, 2.05) is 13.0 Å². The maximum atomic E-state index is 5.76. The van der Waals surface area contributed by atoms with Crippen LogP contribution in [0.3, 0.4) is 0 Å². The molecular weight excluding hydrogens is 224 g/mol. The molecule has 0 aliphatic heterocycles. The van der Waals surface area contributed by atoms with E-state index < -0.39 is 0 Å². The highest BCUT2D eigenvalue weighted by atomic mass is 15.2. The molecule has 0 fully saturated rings. The third-order valence-corrected chi connectivity index (χ3v) is 3.10. The maximum Gasteiger partial charge on any atom is 0.222 e. The van der Waals surface area contributed by atoms with Crippen molar-refractivity contribution in [3.05, 3.63) is 11.8 Å². The van der Waals surface area contributed by atoms with Crippen LogP contribution in [0, 0.1) is 12.8 Å². The predicted octanol–water partition coefficient (Wildman–Crippen LogP) is 3.02. The van der Waals surface area contributed by atoms with Gasteiger partial charge in [0.2, 0.25) is 5.95 Å². The summed E-state index contributed by atoms with van der Waals surface area (Å²) in [6, 6.07) is 2.54. The summed E-state index contributed by atoms with van der Waals surface area (Å²) in [5.74, 6) is 1.93. The number of anilines is 2.